The molecule has 2 N–H and O–H groups in total. The van der Waals surface area contributed by atoms with Crippen LogP contribution in [0.25, 0.3) is 0 Å². The van der Waals surface area contributed by atoms with E-state index in [0.717, 1.165) is 6.07 Å². The van der Waals surface area contributed by atoms with E-state index in [4.69, 9.17) is 5.11 Å². The largest absolute Gasteiger partial charge is 0.481 e. The van der Waals surface area contributed by atoms with Gasteiger partial charge in [0.15, 0.2) is 0 Å². The highest BCUT2D eigenvalue weighted by atomic mass is 79.9. The predicted molar refractivity (Wildman–Crippen MR) is 61.5 cm³/mol. The lowest BCUT2D eigenvalue weighted by molar-refractivity contribution is -0.136. The van der Waals surface area contributed by atoms with E-state index in [1.54, 1.807) is 0 Å². The van der Waals surface area contributed by atoms with E-state index in [-0.39, 0.29) is 22.3 Å². The lowest BCUT2D eigenvalue weighted by Gasteiger charge is -2.06. The van der Waals surface area contributed by atoms with E-state index in [0.29, 0.717) is 0 Å². The minimum absolute atomic E-state index is 0.155. The van der Waals surface area contributed by atoms with Gasteiger partial charge >= 0.3 is 5.97 Å². The fourth-order valence-corrected chi connectivity index (χ4v) is 2.31. The highest BCUT2D eigenvalue weighted by Crippen LogP contribution is 2.19. The summed E-state index contributed by atoms with van der Waals surface area (Å²) in [6.45, 7) is -0.241. The lowest BCUT2D eigenvalue weighted by Crippen LogP contribution is -2.26. The van der Waals surface area contributed by atoms with Crippen molar-refractivity contribution in [1.82, 2.24) is 4.72 Å². The first kappa shape index (κ1) is 14.1. The number of aliphatic carboxylic acids is 1. The van der Waals surface area contributed by atoms with Crippen molar-refractivity contribution in [1.29, 1.82) is 0 Å². The molecule has 1 aromatic rings. The SMILES string of the molecule is O=C(O)CCNS(=O)(=O)c1ccc(Br)c(F)c1. The molecule has 0 spiro atoms. The van der Waals surface area contributed by atoms with Crippen molar-refractivity contribution in [2.45, 2.75) is 11.3 Å². The van der Waals surface area contributed by atoms with E-state index in [1.165, 1.54) is 12.1 Å². The van der Waals surface area contributed by atoms with E-state index < -0.39 is 21.8 Å². The van der Waals surface area contributed by atoms with Crippen LogP contribution in [-0.2, 0) is 14.8 Å². The third-order valence-corrected chi connectivity index (χ3v) is 3.93. The fraction of sp³-hybridized carbons (Fsp3) is 0.222. The van der Waals surface area contributed by atoms with Crippen LogP contribution < -0.4 is 4.72 Å². The van der Waals surface area contributed by atoms with Gasteiger partial charge in [0.2, 0.25) is 10.0 Å². The zero-order valence-corrected chi connectivity index (χ0v) is 10.9. The molecular weight excluding hydrogens is 317 g/mol. The number of benzene rings is 1. The quantitative estimate of drug-likeness (QED) is 0.855. The van der Waals surface area contributed by atoms with Crippen molar-refractivity contribution < 1.29 is 22.7 Å². The molecule has 0 saturated heterocycles. The van der Waals surface area contributed by atoms with E-state index >= 15 is 0 Å². The van der Waals surface area contributed by atoms with Gasteiger partial charge in [-0.15, -0.1) is 0 Å². The lowest BCUT2D eigenvalue weighted by atomic mass is 10.3. The molecule has 0 atom stereocenters. The van der Waals surface area contributed by atoms with Gasteiger partial charge in [-0.1, -0.05) is 0 Å². The summed E-state index contributed by atoms with van der Waals surface area (Å²) in [6, 6.07) is 3.34. The highest BCUT2D eigenvalue weighted by molar-refractivity contribution is 9.10. The molecule has 0 aliphatic carbocycles. The van der Waals surface area contributed by atoms with E-state index in [9.17, 15) is 17.6 Å². The van der Waals surface area contributed by atoms with Crippen molar-refractivity contribution in [3.05, 3.63) is 28.5 Å². The Morgan fingerprint density at radius 3 is 2.65 bits per heavy atom. The van der Waals surface area contributed by atoms with Crippen LogP contribution in [0, 0.1) is 5.82 Å². The topological polar surface area (TPSA) is 83.5 Å². The number of carboxylic acid groups (broad SMARTS) is 1. The molecule has 0 fully saturated rings. The number of sulfonamides is 1. The Bertz CT molecular complexity index is 532. The van der Waals surface area contributed by atoms with Gasteiger partial charge in [0.05, 0.1) is 15.8 Å². The van der Waals surface area contributed by atoms with Crippen molar-refractivity contribution >= 4 is 31.9 Å². The summed E-state index contributed by atoms with van der Waals surface area (Å²) in [6.07, 6.45) is -0.335. The molecule has 17 heavy (non-hydrogen) atoms. The third-order valence-electron chi connectivity index (χ3n) is 1.83. The monoisotopic (exact) mass is 325 g/mol. The van der Waals surface area contributed by atoms with Crippen molar-refractivity contribution in [3.8, 4) is 0 Å². The van der Waals surface area contributed by atoms with Crippen LogP contribution in [0.15, 0.2) is 27.6 Å². The molecule has 0 unspecified atom stereocenters. The third kappa shape index (κ3) is 4.06. The minimum atomic E-state index is -3.87. The molecule has 94 valence electrons. The van der Waals surface area contributed by atoms with Crippen molar-refractivity contribution in [2.75, 3.05) is 6.54 Å². The molecule has 0 amide bonds. The Hall–Kier alpha value is -0.990. The smallest absolute Gasteiger partial charge is 0.304 e. The van der Waals surface area contributed by atoms with Gasteiger partial charge in [0.25, 0.3) is 0 Å². The molecule has 8 heteroatoms. The molecule has 1 rings (SSSR count). The summed E-state index contributed by atoms with van der Waals surface area (Å²) in [7, 11) is -3.87. The number of hydrogen-bond acceptors (Lipinski definition) is 3. The first-order chi connectivity index (χ1) is 7.83. The van der Waals surface area contributed by atoms with Crippen LogP contribution in [0.3, 0.4) is 0 Å². The van der Waals surface area contributed by atoms with Gasteiger partial charge in [0, 0.05) is 6.54 Å². The molecule has 0 aliphatic heterocycles. The number of carboxylic acids is 1. The molecule has 0 aliphatic rings. The summed E-state index contributed by atoms with van der Waals surface area (Å²) >= 11 is 2.90. The van der Waals surface area contributed by atoms with Crippen molar-refractivity contribution in [2.24, 2.45) is 0 Å². The summed E-state index contributed by atoms with van der Waals surface area (Å²) < 4.78 is 38.5. The zero-order chi connectivity index (χ0) is 13.1. The van der Waals surface area contributed by atoms with Crippen LogP contribution in [0.5, 0.6) is 0 Å². The van der Waals surface area contributed by atoms with E-state index in [2.05, 4.69) is 20.7 Å². The predicted octanol–water partition coefficient (Wildman–Crippen LogP) is 1.34. The Balaban J connectivity index is 2.82. The van der Waals surface area contributed by atoms with Gasteiger partial charge in [-0.2, -0.15) is 0 Å². The Morgan fingerprint density at radius 1 is 1.47 bits per heavy atom. The van der Waals surface area contributed by atoms with Gasteiger partial charge in [-0.25, -0.2) is 17.5 Å². The molecule has 1 aromatic carbocycles. The zero-order valence-electron chi connectivity index (χ0n) is 8.48. The van der Waals surface area contributed by atoms with Crippen LogP contribution in [0.2, 0.25) is 0 Å². The van der Waals surface area contributed by atoms with Gasteiger partial charge in [-0.05, 0) is 34.1 Å². The average molecular weight is 326 g/mol. The van der Waals surface area contributed by atoms with Crippen molar-refractivity contribution in [3.63, 3.8) is 0 Å². The summed E-state index contributed by atoms with van der Waals surface area (Å²) in [5.74, 6) is -1.82. The van der Waals surface area contributed by atoms with Gasteiger partial charge in [-0.3, -0.25) is 4.79 Å². The number of nitrogens with one attached hydrogen (secondary N) is 1. The maximum atomic E-state index is 13.1. The molecular formula is C9H9BrFNO4S. The molecule has 0 heterocycles. The minimum Gasteiger partial charge on any atom is -0.481 e. The van der Waals surface area contributed by atoms with Gasteiger partial charge < -0.3 is 5.11 Å². The Morgan fingerprint density at radius 2 is 2.12 bits per heavy atom. The van der Waals surface area contributed by atoms with Crippen LogP contribution in [-0.4, -0.2) is 26.0 Å². The molecule has 0 aromatic heterocycles. The summed E-state index contributed by atoms with van der Waals surface area (Å²) in [5, 5.41) is 8.36. The Kier molecular flexibility index (Phi) is 4.61. The normalized spacial score (nSPS) is 11.4. The second-order valence-electron chi connectivity index (χ2n) is 3.12. The van der Waals surface area contributed by atoms with Crippen LogP contribution >= 0.6 is 15.9 Å². The molecule has 0 saturated carbocycles. The molecule has 5 nitrogen and oxygen atoms in total. The van der Waals surface area contributed by atoms with E-state index in [1.807, 2.05) is 0 Å². The average Bonchev–Trinajstić information content (AvgIpc) is 2.21. The fourth-order valence-electron chi connectivity index (χ4n) is 1.02. The second kappa shape index (κ2) is 5.56. The maximum absolute atomic E-state index is 13.1. The summed E-state index contributed by atoms with van der Waals surface area (Å²) in [4.78, 5) is 9.97. The first-order valence-corrected chi connectivity index (χ1v) is 6.77. The summed E-state index contributed by atoms with van der Waals surface area (Å²) in [5.41, 5.74) is 0. The molecule has 0 bridgehead atoms. The highest BCUT2D eigenvalue weighted by Gasteiger charge is 2.15. The number of rotatable bonds is 5. The second-order valence-corrected chi connectivity index (χ2v) is 5.74. The van der Waals surface area contributed by atoms with Crippen LogP contribution in [0.4, 0.5) is 4.39 Å². The maximum Gasteiger partial charge on any atom is 0.304 e. The number of carbonyl (C=O) groups is 1. The molecule has 0 radical (unpaired) electrons. The van der Waals surface area contributed by atoms with Gasteiger partial charge in [0.1, 0.15) is 5.82 Å². The number of halogens is 2. The Labute approximate surface area is 106 Å². The van der Waals surface area contributed by atoms with Crippen LogP contribution in [0.1, 0.15) is 6.42 Å². The standard InChI is InChI=1S/C9H9BrFNO4S/c10-7-2-1-6(5-8(7)11)17(15,16)12-4-3-9(13)14/h1-2,5,12H,3-4H2,(H,13,14). The number of hydrogen-bond donors (Lipinski definition) is 2. The first-order valence-electron chi connectivity index (χ1n) is 4.49.